The third-order valence-corrected chi connectivity index (χ3v) is 7.33. The molecular weight excluding hydrogens is 578 g/mol. The summed E-state index contributed by atoms with van der Waals surface area (Å²) in [5.74, 6) is -0.472. The Balaban J connectivity index is 0.000000175. The normalized spacial score (nSPS) is 14.1. The second-order valence-corrected chi connectivity index (χ2v) is 10.3. The van der Waals surface area contributed by atoms with Crippen molar-refractivity contribution in [2.75, 3.05) is 23.4 Å². The molecule has 6 rings (SSSR count). The summed E-state index contributed by atoms with van der Waals surface area (Å²) in [6.45, 7) is 4.09. The number of halogens is 1. The molecule has 1 aliphatic rings. The van der Waals surface area contributed by atoms with Gasteiger partial charge in [-0.05, 0) is 43.3 Å². The van der Waals surface area contributed by atoms with E-state index >= 15 is 0 Å². The molecule has 1 unspecified atom stereocenters. The van der Waals surface area contributed by atoms with Crippen LogP contribution in [0.15, 0.2) is 96.2 Å². The van der Waals surface area contributed by atoms with E-state index in [0.717, 1.165) is 28.1 Å². The number of hydrogen-bond acceptors (Lipinski definition) is 7. The van der Waals surface area contributed by atoms with Gasteiger partial charge in [0.1, 0.15) is 11.6 Å². The van der Waals surface area contributed by atoms with Gasteiger partial charge in [0, 0.05) is 54.1 Å². The Bertz CT molecular complexity index is 1930. The molecule has 3 heterocycles. The highest BCUT2D eigenvalue weighted by Crippen LogP contribution is 2.30. The molecule has 11 heteroatoms. The summed E-state index contributed by atoms with van der Waals surface area (Å²) in [4.78, 5) is 35.3. The van der Waals surface area contributed by atoms with Crippen LogP contribution in [0.5, 0.6) is 0 Å². The number of carbonyl (C=O) groups excluding carboxylic acids is 2. The Hall–Kier alpha value is -5.37. The fraction of sp³-hybridized carbons (Fsp3) is 0.152. The van der Waals surface area contributed by atoms with Crippen LogP contribution >= 0.6 is 11.6 Å². The average molecular weight is 606 g/mol. The molecule has 2 amide bonds. The number of aliphatic hydroxyl groups excluding tert-OH is 1. The molecule has 220 valence electrons. The van der Waals surface area contributed by atoms with Crippen LogP contribution in [-0.2, 0) is 9.59 Å². The van der Waals surface area contributed by atoms with Crippen molar-refractivity contribution >= 4 is 46.1 Å². The third-order valence-electron chi connectivity index (χ3n) is 7.10. The zero-order valence-electron chi connectivity index (χ0n) is 24.2. The Labute approximate surface area is 259 Å². The molecule has 0 radical (unpaired) electrons. The number of likely N-dealkylation sites (N-methyl/N-ethyl adjacent to an activating group) is 1. The number of amides is 2. The van der Waals surface area contributed by atoms with Crippen molar-refractivity contribution in [3.05, 3.63) is 113 Å². The van der Waals surface area contributed by atoms with E-state index in [2.05, 4.69) is 21.1 Å². The lowest BCUT2D eigenvalue weighted by Gasteiger charge is -2.19. The number of hydrogen-bond donors (Lipinski definition) is 1. The van der Waals surface area contributed by atoms with Gasteiger partial charge in [0.05, 0.1) is 23.3 Å². The maximum Gasteiger partial charge on any atom is 0.278 e. The standard InChI is InChI=1S/C17H15N5O.C16H13ClN2O2/c1-3-21(12(2)23)15-6-4-5-13(9-15)16-7-8-19-17-14(10-18)11-20-22(16)17;1-19-13-8-7-11(17)9-12(13)14(18-15(20)16(19)21)10-5-3-2-4-6-10/h4-9,11H,3H2,1-2H3;2-9,15,20H,1H3. The van der Waals surface area contributed by atoms with Gasteiger partial charge in [-0.3, -0.25) is 9.59 Å². The van der Waals surface area contributed by atoms with Crippen LogP contribution in [0.3, 0.4) is 0 Å². The van der Waals surface area contributed by atoms with Gasteiger partial charge in [-0.2, -0.15) is 10.4 Å². The summed E-state index contributed by atoms with van der Waals surface area (Å²) in [7, 11) is 1.61. The van der Waals surface area contributed by atoms with Crippen molar-refractivity contribution in [1.29, 1.82) is 5.26 Å². The second-order valence-electron chi connectivity index (χ2n) is 9.83. The largest absolute Gasteiger partial charge is 0.364 e. The molecule has 2 aromatic heterocycles. The second kappa shape index (κ2) is 12.9. The number of nitrogens with zero attached hydrogens (tertiary/aromatic N) is 7. The lowest BCUT2D eigenvalue weighted by Crippen LogP contribution is -2.34. The van der Waals surface area contributed by atoms with Gasteiger partial charge in [0.2, 0.25) is 12.1 Å². The first-order valence-electron chi connectivity index (χ1n) is 13.7. The zero-order valence-corrected chi connectivity index (χ0v) is 25.0. The van der Waals surface area contributed by atoms with E-state index in [1.165, 1.54) is 11.1 Å². The Morgan fingerprint density at radius 3 is 2.52 bits per heavy atom. The van der Waals surface area contributed by atoms with E-state index in [1.807, 2.05) is 67.6 Å². The highest BCUT2D eigenvalue weighted by molar-refractivity contribution is 6.32. The van der Waals surface area contributed by atoms with Crippen LogP contribution < -0.4 is 9.80 Å². The van der Waals surface area contributed by atoms with Crippen molar-refractivity contribution in [2.45, 2.75) is 20.1 Å². The number of carbonyl (C=O) groups is 2. The van der Waals surface area contributed by atoms with Gasteiger partial charge in [-0.25, -0.2) is 14.5 Å². The van der Waals surface area contributed by atoms with Crippen LogP contribution in [0.4, 0.5) is 11.4 Å². The van der Waals surface area contributed by atoms with Crippen molar-refractivity contribution in [2.24, 2.45) is 4.99 Å². The van der Waals surface area contributed by atoms with Crippen molar-refractivity contribution in [3.8, 4) is 17.3 Å². The number of fused-ring (bicyclic) bond motifs is 2. The molecule has 1 N–H and O–H groups in total. The number of nitriles is 1. The molecule has 0 saturated heterocycles. The van der Waals surface area contributed by atoms with Gasteiger partial charge in [-0.15, -0.1) is 0 Å². The van der Waals surface area contributed by atoms with Gasteiger partial charge < -0.3 is 14.9 Å². The maximum atomic E-state index is 12.1. The van der Waals surface area contributed by atoms with Crippen molar-refractivity contribution < 1.29 is 14.7 Å². The molecule has 1 atom stereocenters. The van der Waals surface area contributed by atoms with Gasteiger partial charge in [-0.1, -0.05) is 54.1 Å². The Morgan fingerprint density at radius 1 is 1.07 bits per heavy atom. The molecule has 1 aliphatic heterocycles. The maximum absolute atomic E-state index is 12.1. The predicted octanol–water partition coefficient (Wildman–Crippen LogP) is 5.11. The molecule has 0 spiro atoms. The number of anilines is 2. The van der Waals surface area contributed by atoms with Crippen LogP contribution in [0.1, 0.15) is 30.5 Å². The minimum Gasteiger partial charge on any atom is -0.364 e. The molecule has 0 aliphatic carbocycles. The quantitative estimate of drug-likeness (QED) is 0.303. The van der Waals surface area contributed by atoms with Crippen LogP contribution in [0.25, 0.3) is 16.9 Å². The molecule has 3 aromatic carbocycles. The fourth-order valence-electron chi connectivity index (χ4n) is 4.96. The van der Waals surface area contributed by atoms with Crippen LogP contribution in [0.2, 0.25) is 5.02 Å². The number of rotatable bonds is 4. The SMILES string of the molecule is CCN(C(C)=O)c1cccc(-c2ccnc3c(C#N)cnn23)c1.CN1C(=O)C(O)N=C(c2ccccc2)c2cc(Cl)ccc21. The van der Waals surface area contributed by atoms with Crippen LogP contribution in [0, 0.1) is 11.3 Å². The third kappa shape index (κ3) is 5.92. The molecule has 5 aromatic rings. The van der Waals surface area contributed by atoms with Crippen LogP contribution in [-0.4, -0.2) is 57.1 Å². The molecular formula is C33H28ClN7O3. The highest BCUT2D eigenvalue weighted by Gasteiger charge is 2.28. The lowest BCUT2D eigenvalue weighted by molar-refractivity contribution is -0.125. The summed E-state index contributed by atoms with van der Waals surface area (Å²) < 4.78 is 1.64. The van der Waals surface area contributed by atoms with Gasteiger partial charge in [0.25, 0.3) is 5.91 Å². The zero-order chi connectivity index (χ0) is 31.4. The van der Waals surface area contributed by atoms with E-state index in [9.17, 15) is 14.7 Å². The molecule has 44 heavy (non-hydrogen) atoms. The first kappa shape index (κ1) is 30.1. The smallest absolute Gasteiger partial charge is 0.278 e. The first-order chi connectivity index (χ1) is 21.2. The minimum absolute atomic E-state index is 0.00428. The minimum atomic E-state index is -1.42. The van der Waals surface area contributed by atoms with E-state index in [-0.39, 0.29) is 5.91 Å². The first-order valence-corrected chi connectivity index (χ1v) is 14.1. The Morgan fingerprint density at radius 2 is 1.82 bits per heavy atom. The van der Waals surface area contributed by atoms with E-state index in [4.69, 9.17) is 16.9 Å². The van der Waals surface area contributed by atoms with Gasteiger partial charge in [0.15, 0.2) is 5.65 Å². The number of aliphatic imine (C=N–C) groups is 1. The number of aromatic nitrogens is 3. The lowest BCUT2D eigenvalue weighted by atomic mass is 10.0. The molecule has 0 saturated carbocycles. The van der Waals surface area contributed by atoms with E-state index in [0.29, 0.717) is 34.2 Å². The summed E-state index contributed by atoms with van der Waals surface area (Å²) >= 11 is 6.08. The highest BCUT2D eigenvalue weighted by atomic mass is 35.5. The van der Waals surface area contributed by atoms with Crippen molar-refractivity contribution in [1.82, 2.24) is 14.6 Å². The van der Waals surface area contributed by atoms with Gasteiger partial charge >= 0.3 is 0 Å². The number of benzene rings is 3. The van der Waals surface area contributed by atoms with E-state index < -0.39 is 12.1 Å². The average Bonchev–Trinajstić information content (AvgIpc) is 3.44. The number of benzodiazepines with no additional fused rings is 1. The summed E-state index contributed by atoms with van der Waals surface area (Å²) in [5, 5.41) is 23.9. The van der Waals surface area contributed by atoms with Crippen molar-refractivity contribution in [3.63, 3.8) is 0 Å². The summed E-state index contributed by atoms with van der Waals surface area (Å²) in [5.41, 5.74) is 6.28. The Kier molecular flexibility index (Phi) is 8.81. The monoisotopic (exact) mass is 605 g/mol. The topological polar surface area (TPSA) is 127 Å². The summed E-state index contributed by atoms with van der Waals surface area (Å²) in [6.07, 6.45) is 1.74. The molecule has 10 nitrogen and oxygen atoms in total. The molecule has 0 fully saturated rings. The summed E-state index contributed by atoms with van der Waals surface area (Å²) in [6, 6.07) is 26.2. The van der Waals surface area contributed by atoms with E-state index in [1.54, 1.807) is 47.8 Å². The molecule has 0 bridgehead atoms. The predicted molar refractivity (Wildman–Crippen MR) is 170 cm³/mol. The fourth-order valence-corrected chi connectivity index (χ4v) is 5.14. The number of aliphatic hydroxyl groups is 1.